The van der Waals surface area contributed by atoms with Crippen molar-refractivity contribution in [3.63, 3.8) is 0 Å². The summed E-state index contributed by atoms with van der Waals surface area (Å²) in [5.41, 5.74) is 13.0. The molecule has 1 nitrogen and oxygen atoms in total. The normalized spacial score (nSPS) is 19.6. The minimum absolute atomic E-state index is 0.0180. The Morgan fingerprint density at radius 1 is 0.613 bits per heavy atom. The molecule has 0 radical (unpaired) electrons. The first-order valence-electron chi connectivity index (χ1n) is 11.7. The zero-order valence-corrected chi connectivity index (χ0v) is 20.6. The van der Waals surface area contributed by atoms with Gasteiger partial charge in [-0.05, 0) is 100 Å². The van der Waals surface area contributed by atoms with Gasteiger partial charge in [-0.25, -0.2) is 0 Å². The van der Waals surface area contributed by atoms with Crippen molar-refractivity contribution in [3.05, 3.63) is 75.3 Å². The van der Waals surface area contributed by atoms with Crippen LogP contribution >= 0.6 is 15.9 Å². The molecule has 2 aliphatic carbocycles. The number of hydrogen-bond acceptors (Lipinski definition) is 1. The van der Waals surface area contributed by atoms with Crippen molar-refractivity contribution in [1.29, 1.82) is 0 Å². The molecular weight excluding hydrogens is 442 g/mol. The standard InChI is InChI=1S/C29H30BrN/c1-28(2)24-14-18(30)8-10-20(24)22-16-27-23(17-26(22)28)21-11-9-19(15-25(21)29(27,3)4)31-12-6-5-7-13-31/h8-11,14-17H,5-7,12-13H2,1-4H3. The van der Waals surface area contributed by atoms with Crippen LogP contribution in [0, 0.1) is 0 Å². The molecule has 1 aliphatic heterocycles. The molecule has 3 aliphatic rings. The van der Waals surface area contributed by atoms with Crippen LogP contribution in [0.4, 0.5) is 5.69 Å². The van der Waals surface area contributed by atoms with Gasteiger partial charge in [0, 0.05) is 34.1 Å². The Hall–Kier alpha value is -2.06. The molecule has 0 spiro atoms. The van der Waals surface area contributed by atoms with Crippen molar-refractivity contribution in [3.8, 4) is 22.3 Å². The first-order chi connectivity index (χ1) is 14.8. The van der Waals surface area contributed by atoms with E-state index in [1.165, 1.54) is 82.5 Å². The molecule has 31 heavy (non-hydrogen) atoms. The van der Waals surface area contributed by atoms with E-state index in [0.717, 1.165) is 4.47 Å². The molecule has 2 heteroatoms. The number of nitrogens with zero attached hydrogens (tertiary/aromatic N) is 1. The lowest BCUT2D eigenvalue weighted by Gasteiger charge is -2.30. The second-order valence-electron chi connectivity index (χ2n) is 10.7. The van der Waals surface area contributed by atoms with Crippen LogP contribution in [0.25, 0.3) is 22.3 Å². The molecule has 1 fully saturated rings. The maximum atomic E-state index is 3.69. The van der Waals surface area contributed by atoms with E-state index >= 15 is 0 Å². The van der Waals surface area contributed by atoms with Crippen LogP contribution in [-0.4, -0.2) is 13.1 Å². The van der Waals surface area contributed by atoms with Gasteiger partial charge in [-0.1, -0.05) is 55.8 Å². The summed E-state index contributed by atoms with van der Waals surface area (Å²) < 4.78 is 1.16. The number of anilines is 1. The second kappa shape index (κ2) is 6.48. The van der Waals surface area contributed by atoms with E-state index in [0.29, 0.717) is 0 Å². The molecule has 0 amide bonds. The van der Waals surface area contributed by atoms with Crippen LogP contribution in [0.3, 0.4) is 0 Å². The molecule has 3 aromatic carbocycles. The maximum Gasteiger partial charge on any atom is 0.0369 e. The third-order valence-corrected chi connectivity index (χ3v) is 8.63. The summed E-state index contributed by atoms with van der Waals surface area (Å²) in [4.78, 5) is 2.58. The summed E-state index contributed by atoms with van der Waals surface area (Å²) in [5.74, 6) is 0. The van der Waals surface area contributed by atoms with Gasteiger partial charge < -0.3 is 4.90 Å². The van der Waals surface area contributed by atoms with E-state index in [2.05, 4.69) is 97.1 Å². The summed E-state index contributed by atoms with van der Waals surface area (Å²) in [6.07, 6.45) is 4.01. The highest BCUT2D eigenvalue weighted by atomic mass is 79.9. The van der Waals surface area contributed by atoms with E-state index < -0.39 is 0 Å². The molecule has 1 saturated heterocycles. The monoisotopic (exact) mass is 471 g/mol. The van der Waals surface area contributed by atoms with Crippen LogP contribution < -0.4 is 4.90 Å². The Morgan fingerprint density at radius 3 is 1.74 bits per heavy atom. The highest BCUT2D eigenvalue weighted by Gasteiger charge is 2.41. The predicted molar refractivity (Wildman–Crippen MR) is 135 cm³/mol. The van der Waals surface area contributed by atoms with Gasteiger partial charge in [-0.3, -0.25) is 0 Å². The van der Waals surface area contributed by atoms with Crippen LogP contribution in [0.1, 0.15) is 69.2 Å². The SMILES string of the molecule is CC1(C)c2cc(Br)ccc2-c2cc3c(cc21)-c1ccc(N2CCCCC2)cc1C3(C)C. The smallest absolute Gasteiger partial charge is 0.0369 e. The molecule has 0 bridgehead atoms. The number of benzene rings is 3. The highest BCUT2D eigenvalue weighted by molar-refractivity contribution is 9.10. The van der Waals surface area contributed by atoms with Crippen molar-refractivity contribution < 1.29 is 0 Å². The summed E-state index contributed by atoms with van der Waals surface area (Å²) in [5, 5.41) is 0. The van der Waals surface area contributed by atoms with Gasteiger partial charge in [-0.15, -0.1) is 0 Å². The van der Waals surface area contributed by atoms with Crippen molar-refractivity contribution in [2.24, 2.45) is 0 Å². The quantitative estimate of drug-likeness (QED) is 0.346. The van der Waals surface area contributed by atoms with E-state index in [4.69, 9.17) is 0 Å². The average molecular weight is 472 g/mol. The summed E-state index contributed by atoms with van der Waals surface area (Å²) in [7, 11) is 0. The van der Waals surface area contributed by atoms with Crippen molar-refractivity contribution >= 4 is 21.6 Å². The largest absolute Gasteiger partial charge is 0.372 e. The minimum Gasteiger partial charge on any atom is -0.372 e. The molecule has 6 rings (SSSR count). The first-order valence-corrected chi connectivity index (χ1v) is 12.5. The zero-order valence-electron chi connectivity index (χ0n) is 19.0. The van der Waals surface area contributed by atoms with Gasteiger partial charge in [-0.2, -0.15) is 0 Å². The molecular formula is C29H30BrN. The molecule has 158 valence electrons. The fourth-order valence-electron chi connectivity index (χ4n) is 6.27. The zero-order chi connectivity index (χ0) is 21.5. The molecule has 3 aromatic rings. The number of halogens is 1. The maximum absolute atomic E-state index is 3.69. The minimum atomic E-state index is 0.0180. The van der Waals surface area contributed by atoms with Crippen molar-refractivity contribution in [2.45, 2.75) is 57.8 Å². The molecule has 0 N–H and O–H groups in total. The molecule has 0 saturated carbocycles. The fraction of sp³-hybridized carbons (Fsp3) is 0.379. The molecule has 0 aromatic heterocycles. The van der Waals surface area contributed by atoms with Gasteiger partial charge in [0.15, 0.2) is 0 Å². The lowest BCUT2D eigenvalue weighted by atomic mass is 9.79. The number of hydrogen-bond donors (Lipinski definition) is 0. The van der Waals surface area contributed by atoms with Gasteiger partial charge >= 0.3 is 0 Å². The Bertz CT molecular complexity index is 1230. The molecule has 0 unspecified atom stereocenters. The Labute approximate surface area is 194 Å². The van der Waals surface area contributed by atoms with Gasteiger partial charge in [0.05, 0.1) is 0 Å². The summed E-state index contributed by atoms with van der Waals surface area (Å²) >= 11 is 3.69. The third kappa shape index (κ3) is 2.67. The fourth-order valence-corrected chi connectivity index (χ4v) is 6.63. The van der Waals surface area contributed by atoms with Crippen LogP contribution in [0.15, 0.2) is 53.0 Å². The molecule has 0 atom stereocenters. The van der Waals surface area contributed by atoms with Crippen molar-refractivity contribution in [2.75, 3.05) is 18.0 Å². The Kier molecular flexibility index (Phi) is 4.10. The van der Waals surface area contributed by atoms with E-state index in [1.54, 1.807) is 0 Å². The lowest BCUT2D eigenvalue weighted by Crippen LogP contribution is -2.29. The molecule has 1 heterocycles. The highest BCUT2D eigenvalue weighted by Crippen LogP contribution is 2.56. The third-order valence-electron chi connectivity index (χ3n) is 8.14. The van der Waals surface area contributed by atoms with Crippen LogP contribution in [-0.2, 0) is 10.8 Å². The van der Waals surface area contributed by atoms with E-state index in [1.807, 2.05) is 0 Å². The number of rotatable bonds is 1. The van der Waals surface area contributed by atoms with E-state index in [9.17, 15) is 0 Å². The van der Waals surface area contributed by atoms with Gasteiger partial charge in [0.2, 0.25) is 0 Å². The Balaban J connectivity index is 1.52. The summed E-state index contributed by atoms with van der Waals surface area (Å²) in [6.45, 7) is 12.0. The van der Waals surface area contributed by atoms with Crippen LogP contribution in [0.5, 0.6) is 0 Å². The predicted octanol–water partition coefficient (Wildman–Crippen LogP) is 8.05. The lowest BCUT2D eigenvalue weighted by molar-refractivity contribution is 0.577. The van der Waals surface area contributed by atoms with Crippen molar-refractivity contribution in [1.82, 2.24) is 0 Å². The summed E-state index contributed by atoms with van der Waals surface area (Å²) in [6, 6.07) is 19.0. The second-order valence-corrected chi connectivity index (χ2v) is 11.6. The van der Waals surface area contributed by atoms with Gasteiger partial charge in [0.1, 0.15) is 0 Å². The first kappa shape index (κ1) is 19.6. The van der Waals surface area contributed by atoms with Gasteiger partial charge in [0.25, 0.3) is 0 Å². The Morgan fingerprint density at radius 2 is 1.13 bits per heavy atom. The van der Waals surface area contributed by atoms with E-state index in [-0.39, 0.29) is 10.8 Å². The number of piperidine rings is 1. The topological polar surface area (TPSA) is 3.24 Å². The average Bonchev–Trinajstić information content (AvgIpc) is 3.12. The van der Waals surface area contributed by atoms with Crippen LogP contribution in [0.2, 0.25) is 0 Å². The number of fused-ring (bicyclic) bond motifs is 6.